The van der Waals surface area contributed by atoms with Crippen LogP contribution < -0.4 is 4.74 Å². The van der Waals surface area contributed by atoms with Crippen molar-refractivity contribution in [1.82, 2.24) is 0 Å². The normalized spacial score (nSPS) is 10.1. The van der Waals surface area contributed by atoms with Gasteiger partial charge in [0.25, 0.3) is 0 Å². The molecule has 0 atom stereocenters. The van der Waals surface area contributed by atoms with Crippen LogP contribution in [-0.4, -0.2) is 30.9 Å². The number of aliphatic carboxylic acids is 1. The van der Waals surface area contributed by atoms with Gasteiger partial charge in [-0.3, -0.25) is 0 Å². The fourth-order valence-corrected chi connectivity index (χ4v) is 0.945. The molecular formula is C10H10F2O4. The summed E-state index contributed by atoms with van der Waals surface area (Å²) >= 11 is 0. The molecular weight excluding hydrogens is 222 g/mol. The van der Waals surface area contributed by atoms with Gasteiger partial charge in [-0.15, -0.1) is 0 Å². The predicted octanol–water partition coefficient (Wildman–Crippen LogP) is 1.44. The van der Waals surface area contributed by atoms with Crippen LogP contribution in [0.4, 0.5) is 8.78 Å². The van der Waals surface area contributed by atoms with Crippen LogP contribution in [-0.2, 0) is 9.53 Å². The molecule has 0 heterocycles. The SMILES string of the molecule is O=C(O)COCCOc1ccc(F)c(F)c1. The molecule has 16 heavy (non-hydrogen) atoms. The number of hydrogen-bond acceptors (Lipinski definition) is 3. The Bertz CT molecular complexity index is 368. The molecule has 0 fully saturated rings. The third-order valence-electron chi connectivity index (χ3n) is 1.61. The van der Waals surface area contributed by atoms with Crippen LogP contribution in [0.5, 0.6) is 5.75 Å². The Kier molecular flexibility index (Phi) is 4.65. The molecule has 0 saturated carbocycles. The highest BCUT2D eigenvalue weighted by atomic mass is 19.2. The molecule has 6 heteroatoms. The first-order valence-corrected chi connectivity index (χ1v) is 4.47. The third kappa shape index (κ3) is 4.22. The van der Waals surface area contributed by atoms with Crippen molar-refractivity contribution in [2.75, 3.05) is 19.8 Å². The van der Waals surface area contributed by atoms with E-state index in [1.165, 1.54) is 6.07 Å². The van der Waals surface area contributed by atoms with E-state index in [9.17, 15) is 13.6 Å². The number of hydrogen-bond donors (Lipinski definition) is 1. The Hall–Kier alpha value is -1.69. The monoisotopic (exact) mass is 232 g/mol. The Balaban J connectivity index is 2.27. The smallest absolute Gasteiger partial charge is 0.329 e. The van der Waals surface area contributed by atoms with Crippen LogP contribution in [0.2, 0.25) is 0 Å². The summed E-state index contributed by atoms with van der Waals surface area (Å²) in [6.45, 7) is -0.287. The van der Waals surface area contributed by atoms with Gasteiger partial charge < -0.3 is 14.6 Å². The molecule has 0 bridgehead atoms. The number of ether oxygens (including phenoxy) is 2. The molecule has 1 aromatic carbocycles. The second-order valence-electron chi connectivity index (χ2n) is 2.87. The lowest BCUT2D eigenvalue weighted by Crippen LogP contribution is -2.12. The van der Waals surface area contributed by atoms with Crippen molar-refractivity contribution >= 4 is 5.97 Å². The summed E-state index contributed by atoms with van der Waals surface area (Å²) in [5.41, 5.74) is 0. The molecule has 0 unspecified atom stereocenters. The van der Waals surface area contributed by atoms with Crippen molar-refractivity contribution < 1.29 is 28.2 Å². The van der Waals surface area contributed by atoms with E-state index >= 15 is 0 Å². The molecule has 0 radical (unpaired) electrons. The van der Waals surface area contributed by atoms with Crippen molar-refractivity contribution in [1.29, 1.82) is 0 Å². The van der Waals surface area contributed by atoms with E-state index in [1.54, 1.807) is 0 Å². The van der Waals surface area contributed by atoms with Crippen LogP contribution in [0.25, 0.3) is 0 Å². The summed E-state index contributed by atoms with van der Waals surface area (Å²) in [4.78, 5) is 10.1. The van der Waals surface area contributed by atoms with Gasteiger partial charge in [-0.1, -0.05) is 0 Å². The standard InChI is InChI=1S/C10H10F2O4/c11-8-2-1-7(5-9(8)12)16-4-3-15-6-10(13)14/h1-2,5H,3-4,6H2,(H,13,14). The molecule has 1 aromatic rings. The van der Waals surface area contributed by atoms with E-state index in [0.717, 1.165) is 12.1 Å². The number of carbonyl (C=O) groups is 1. The van der Waals surface area contributed by atoms with Crippen molar-refractivity contribution in [3.05, 3.63) is 29.8 Å². The van der Waals surface area contributed by atoms with Gasteiger partial charge in [0.05, 0.1) is 6.61 Å². The number of carboxylic acid groups (broad SMARTS) is 1. The minimum Gasteiger partial charge on any atom is -0.491 e. The maximum atomic E-state index is 12.7. The molecule has 0 saturated heterocycles. The molecule has 0 aliphatic rings. The summed E-state index contributed by atoms with van der Waals surface area (Å²) in [5.74, 6) is -2.86. The predicted molar refractivity (Wildman–Crippen MR) is 50.3 cm³/mol. The second-order valence-corrected chi connectivity index (χ2v) is 2.87. The minimum atomic E-state index is -1.08. The molecule has 1 N–H and O–H groups in total. The molecule has 0 aromatic heterocycles. The molecule has 88 valence electrons. The maximum absolute atomic E-state index is 12.7. The molecule has 0 spiro atoms. The first kappa shape index (κ1) is 12.4. The van der Waals surface area contributed by atoms with Crippen LogP contribution in [0.15, 0.2) is 18.2 Å². The van der Waals surface area contributed by atoms with Gasteiger partial charge >= 0.3 is 5.97 Å². The number of carboxylic acids is 1. The molecule has 4 nitrogen and oxygen atoms in total. The van der Waals surface area contributed by atoms with E-state index in [-0.39, 0.29) is 19.0 Å². The number of benzene rings is 1. The van der Waals surface area contributed by atoms with Gasteiger partial charge in [0.2, 0.25) is 0 Å². The van der Waals surface area contributed by atoms with E-state index < -0.39 is 24.2 Å². The number of rotatable bonds is 6. The summed E-state index contributed by atoms with van der Waals surface area (Å²) in [7, 11) is 0. The van der Waals surface area contributed by atoms with Gasteiger partial charge in [-0.05, 0) is 12.1 Å². The molecule has 1 rings (SSSR count). The zero-order valence-electron chi connectivity index (χ0n) is 8.28. The van der Waals surface area contributed by atoms with Gasteiger partial charge in [-0.2, -0.15) is 0 Å². The maximum Gasteiger partial charge on any atom is 0.329 e. The van der Waals surface area contributed by atoms with E-state index in [4.69, 9.17) is 9.84 Å². The Morgan fingerprint density at radius 1 is 1.25 bits per heavy atom. The van der Waals surface area contributed by atoms with Gasteiger partial charge in [0.15, 0.2) is 11.6 Å². The van der Waals surface area contributed by atoms with Gasteiger partial charge in [0, 0.05) is 6.07 Å². The molecule has 0 aliphatic heterocycles. The largest absolute Gasteiger partial charge is 0.491 e. The highest BCUT2D eigenvalue weighted by molar-refractivity contribution is 5.67. The lowest BCUT2D eigenvalue weighted by Gasteiger charge is -2.06. The van der Waals surface area contributed by atoms with Crippen molar-refractivity contribution in [2.45, 2.75) is 0 Å². The fourth-order valence-electron chi connectivity index (χ4n) is 0.945. The van der Waals surface area contributed by atoms with Crippen LogP contribution in [0.1, 0.15) is 0 Å². The van der Waals surface area contributed by atoms with Gasteiger partial charge in [-0.25, -0.2) is 13.6 Å². The highest BCUT2D eigenvalue weighted by Gasteiger charge is 2.03. The first-order valence-electron chi connectivity index (χ1n) is 4.47. The summed E-state index contributed by atoms with van der Waals surface area (Å²) in [6.07, 6.45) is 0. The van der Waals surface area contributed by atoms with Crippen LogP contribution >= 0.6 is 0 Å². The second kappa shape index (κ2) is 6.02. The average Bonchev–Trinajstić information content (AvgIpc) is 2.22. The van der Waals surface area contributed by atoms with Crippen LogP contribution in [0, 0.1) is 11.6 Å². The zero-order chi connectivity index (χ0) is 12.0. The Morgan fingerprint density at radius 2 is 2.00 bits per heavy atom. The van der Waals surface area contributed by atoms with Gasteiger partial charge in [0.1, 0.15) is 19.0 Å². The molecule has 0 amide bonds. The van der Waals surface area contributed by atoms with Crippen molar-refractivity contribution in [3.8, 4) is 5.75 Å². The highest BCUT2D eigenvalue weighted by Crippen LogP contribution is 2.14. The van der Waals surface area contributed by atoms with Crippen LogP contribution in [0.3, 0.4) is 0 Å². The first-order chi connectivity index (χ1) is 7.59. The third-order valence-corrected chi connectivity index (χ3v) is 1.61. The fraction of sp³-hybridized carbons (Fsp3) is 0.300. The summed E-state index contributed by atoms with van der Waals surface area (Å²) in [6, 6.07) is 3.13. The quantitative estimate of drug-likeness (QED) is 0.754. The minimum absolute atomic E-state index is 0.0608. The Morgan fingerprint density at radius 3 is 2.62 bits per heavy atom. The Labute approximate surface area is 90.4 Å². The van der Waals surface area contributed by atoms with E-state index in [2.05, 4.69) is 4.74 Å². The zero-order valence-corrected chi connectivity index (χ0v) is 8.28. The lowest BCUT2D eigenvalue weighted by molar-refractivity contribution is -0.142. The summed E-state index contributed by atoms with van der Waals surface area (Å²) < 4.78 is 34.9. The average molecular weight is 232 g/mol. The van der Waals surface area contributed by atoms with E-state index in [0.29, 0.717) is 0 Å². The van der Waals surface area contributed by atoms with E-state index in [1.807, 2.05) is 0 Å². The molecule has 0 aliphatic carbocycles. The van der Waals surface area contributed by atoms with Crippen molar-refractivity contribution in [3.63, 3.8) is 0 Å². The van der Waals surface area contributed by atoms with Crippen molar-refractivity contribution in [2.24, 2.45) is 0 Å². The number of halogens is 2. The summed E-state index contributed by atoms with van der Waals surface area (Å²) in [5, 5.41) is 8.24. The topological polar surface area (TPSA) is 55.8 Å². The lowest BCUT2D eigenvalue weighted by atomic mass is 10.3.